The molecule has 7 heteroatoms. The smallest absolute Gasteiger partial charge is 0.141 e. The van der Waals surface area contributed by atoms with Crippen molar-refractivity contribution >= 4 is 17.2 Å². The van der Waals surface area contributed by atoms with Crippen LogP contribution in [0.1, 0.15) is 64.7 Å². The Kier molecular flexibility index (Phi) is 5.62. The Labute approximate surface area is 185 Å². The molecule has 1 aliphatic heterocycles. The number of carbonyl (C=O) groups excluding carboxylic acids is 1. The number of Topliss-reactive ketones (excluding diaryl/α,β-unsaturated/α-hetero) is 1. The highest BCUT2D eigenvalue weighted by Gasteiger charge is 2.63. The minimum atomic E-state index is -0.193. The summed E-state index contributed by atoms with van der Waals surface area (Å²) in [6, 6.07) is 0. The average Bonchev–Trinajstić information content (AvgIpc) is 3.40. The van der Waals surface area contributed by atoms with E-state index in [1.807, 2.05) is 0 Å². The van der Waals surface area contributed by atoms with Crippen molar-refractivity contribution in [1.82, 2.24) is 5.32 Å². The van der Waals surface area contributed by atoms with E-state index in [0.29, 0.717) is 30.0 Å². The number of fused-ring (bicyclic) bond motifs is 5. The fourth-order valence-corrected chi connectivity index (χ4v) is 7.90. The van der Waals surface area contributed by atoms with Gasteiger partial charge in [0.05, 0.1) is 11.4 Å². The van der Waals surface area contributed by atoms with E-state index < -0.39 is 0 Å². The summed E-state index contributed by atoms with van der Waals surface area (Å²) in [7, 11) is 1.61. The molecule has 0 radical (unpaired) electrons. The summed E-state index contributed by atoms with van der Waals surface area (Å²) >= 11 is 0. The summed E-state index contributed by atoms with van der Waals surface area (Å²) in [5.41, 5.74) is 1.75. The van der Waals surface area contributed by atoms with Crippen LogP contribution in [-0.2, 0) is 14.5 Å². The van der Waals surface area contributed by atoms with Gasteiger partial charge in [0.1, 0.15) is 19.0 Å². The van der Waals surface area contributed by atoms with Gasteiger partial charge in [0.15, 0.2) is 0 Å². The summed E-state index contributed by atoms with van der Waals surface area (Å²) in [4.78, 5) is 23.9. The molecule has 3 unspecified atom stereocenters. The van der Waals surface area contributed by atoms with Crippen LogP contribution in [0.15, 0.2) is 10.3 Å². The zero-order valence-corrected chi connectivity index (χ0v) is 18.9. The van der Waals surface area contributed by atoms with Crippen molar-refractivity contribution in [3.8, 4) is 0 Å². The molecule has 0 aromatic rings. The van der Waals surface area contributed by atoms with Crippen LogP contribution in [0.4, 0.5) is 0 Å². The molecule has 4 saturated carbocycles. The molecule has 0 aromatic carbocycles. The van der Waals surface area contributed by atoms with Crippen LogP contribution in [-0.4, -0.2) is 55.2 Å². The largest absolute Gasteiger partial charge is 0.399 e. The molecule has 1 saturated heterocycles. The predicted octanol–water partition coefficient (Wildman–Crippen LogP) is 2.92. The van der Waals surface area contributed by atoms with Crippen molar-refractivity contribution in [3.63, 3.8) is 0 Å². The number of nitrogens with one attached hydrogen (secondary N) is 1. The van der Waals surface area contributed by atoms with Gasteiger partial charge in [0.2, 0.25) is 0 Å². The zero-order chi connectivity index (χ0) is 21.6. The Morgan fingerprint density at radius 3 is 2.74 bits per heavy atom. The molecule has 172 valence electrons. The molecule has 31 heavy (non-hydrogen) atoms. The van der Waals surface area contributed by atoms with Crippen LogP contribution < -0.4 is 5.32 Å². The highest BCUT2D eigenvalue weighted by molar-refractivity contribution is 5.96. The maximum absolute atomic E-state index is 12.7. The number of nitrogens with zero attached hydrogens (tertiary/aromatic N) is 2. The first-order chi connectivity index (χ1) is 15.0. The van der Waals surface area contributed by atoms with Gasteiger partial charge in [-0.2, -0.15) is 0 Å². The minimum Gasteiger partial charge on any atom is -0.399 e. The third-order valence-electron chi connectivity index (χ3n) is 9.59. The van der Waals surface area contributed by atoms with Crippen molar-refractivity contribution in [2.24, 2.45) is 44.8 Å². The monoisotopic (exact) mass is 431 g/mol. The molecule has 5 fully saturated rings. The van der Waals surface area contributed by atoms with E-state index >= 15 is 0 Å². The van der Waals surface area contributed by atoms with E-state index in [-0.39, 0.29) is 29.5 Å². The van der Waals surface area contributed by atoms with Crippen molar-refractivity contribution in [3.05, 3.63) is 0 Å². The molecule has 5 rings (SSSR count). The standard InChI is InChI=1S/C24H37N3O4/c1-23-8-6-19-17(18(23)3-4-22(23)29)12-21(27-30-2)20-11-15(5-9-24(19,20)14-28)26-31-16-7-10-25-13-16/h16-20,25,28H,3-14H2,1-2H3/b26-15?,27-21+/t16-,17?,18?,19?,20+,23-,24-/m0/s1. The second-order valence-electron chi connectivity index (χ2n) is 10.8. The van der Waals surface area contributed by atoms with Crippen LogP contribution in [0, 0.1) is 34.5 Å². The first-order valence-electron chi connectivity index (χ1n) is 12.2. The van der Waals surface area contributed by atoms with Crippen LogP contribution in [0.5, 0.6) is 0 Å². The van der Waals surface area contributed by atoms with E-state index in [2.05, 4.69) is 22.6 Å². The van der Waals surface area contributed by atoms with Gasteiger partial charge >= 0.3 is 0 Å². The van der Waals surface area contributed by atoms with Gasteiger partial charge in [0.25, 0.3) is 0 Å². The Hall–Kier alpha value is -1.47. The lowest BCUT2D eigenvalue weighted by molar-refractivity contribution is -0.135. The number of hydrogen-bond donors (Lipinski definition) is 2. The Balaban J connectivity index is 1.43. The highest BCUT2D eigenvalue weighted by Crippen LogP contribution is 2.64. The molecule has 2 N–H and O–H groups in total. The number of carbonyl (C=O) groups is 1. The maximum atomic E-state index is 12.7. The molecule has 0 spiro atoms. The van der Waals surface area contributed by atoms with E-state index in [9.17, 15) is 9.90 Å². The molecule has 7 nitrogen and oxygen atoms in total. The lowest BCUT2D eigenvalue weighted by Crippen LogP contribution is -2.59. The van der Waals surface area contributed by atoms with Crippen LogP contribution >= 0.6 is 0 Å². The number of hydrogen-bond acceptors (Lipinski definition) is 7. The summed E-state index contributed by atoms with van der Waals surface area (Å²) in [5.74, 6) is 1.82. The van der Waals surface area contributed by atoms with Gasteiger partial charge < -0.3 is 20.1 Å². The van der Waals surface area contributed by atoms with Crippen molar-refractivity contribution < 1.29 is 19.6 Å². The Bertz CT molecular complexity index is 777. The first-order valence-corrected chi connectivity index (χ1v) is 12.2. The fourth-order valence-electron chi connectivity index (χ4n) is 7.90. The molecule has 4 aliphatic carbocycles. The average molecular weight is 432 g/mol. The topological polar surface area (TPSA) is 92.5 Å². The quantitative estimate of drug-likeness (QED) is 0.668. The lowest BCUT2D eigenvalue weighted by Gasteiger charge is -2.60. The highest BCUT2D eigenvalue weighted by atomic mass is 16.6. The Morgan fingerprint density at radius 1 is 1.13 bits per heavy atom. The third-order valence-corrected chi connectivity index (χ3v) is 9.59. The van der Waals surface area contributed by atoms with Gasteiger partial charge in [0, 0.05) is 42.7 Å². The molecule has 0 bridgehead atoms. The molecule has 5 aliphatic rings. The Morgan fingerprint density at radius 2 is 2.00 bits per heavy atom. The first kappa shape index (κ1) is 21.4. The number of oxime groups is 2. The molecular weight excluding hydrogens is 394 g/mol. The van der Waals surface area contributed by atoms with Gasteiger partial charge in [-0.1, -0.05) is 17.2 Å². The molecular formula is C24H37N3O4. The second-order valence-corrected chi connectivity index (χ2v) is 10.8. The summed E-state index contributed by atoms with van der Waals surface area (Å²) in [6.07, 6.45) is 8.27. The zero-order valence-electron chi connectivity index (χ0n) is 18.9. The van der Waals surface area contributed by atoms with Gasteiger partial charge in [-0.25, -0.2) is 0 Å². The van der Waals surface area contributed by atoms with Gasteiger partial charge in [-0.3, -0.25) is 4.79 Å². The number of rotatable bonds is 4. The van der Waals surface area contributed by atoms with Crippen molar-refractivity contribution in [2.75, 3.05) is 26.8 Å². The van der Waals surface area contributed by atoms with Gasteiger partial charge in [-0.15, -0.1) is 0 Å². The third kappa shape index (κ3) is 3.34. The number of aliphatic hydroxyl groups is 1. The lowest BCUT2D eigenvalue weighted by atomic mass is 9.44. The SMILES string of the molecule is CO/N=C1\CC2C(CC[C@]3(C)C(=O)CCC23)[C@@]2(CO)CCC(=NO[C@H]3CCNC3)C[C@H]12. The summed E-state index contributed by atoms with van der Waals surface area (Å²) in [6.45, 7) is 4.20. The fraction of sp³-hybridized carbons (Fsp3) is 0.875. The normalized spacial score (nSPS) is 47.2. The van der Waals surface area contributed by atoms with E-state index in [4.69, 9.17) is 9.68 Å². The second kappa shape index (κ2) is 8.14. The van der Waals surface area contributed by atoms with E-state index in [0.717, 1.165) is 75.9 Å². The van der Waals surface area contributed by atoms with Crippen molar-refractivity contribution in [2.45, 2.75) is 70.8 Å². The summed E-state index contributed by atoms with van der Waals surface area (Å²) < 4.78 is 0. The van der Waals surface area contributed by atoms with Crippen LogP contribution in [0.3, 0.4) is 0 Å². The van der Waals surface area contributed by atoms with E-state index in [1.54, 1.807) is 7.11 Å². The van der Waals surface area contributed by atoms with E-state index in [1.165, 1.54) is 0 Å². The number of ketones is 1. The van der Waals surface area contributed by atoms with Crippen molar-refractivity contribution in [1.29, 1.82) is 0 Å². The molecule has 0 aromatic heterocycles. The maximum Gasteiger partial charge on any atom is 0.141 e. The van der Waals surface area contributed by atoms with Gasteiger partial charge in [-0.05, 0) is 69.2 Å². The minimum absolute atomic E-state index is 0.137. The predicted molar refractivity (Wildman–Crippen MR) is 118 cm³/mol. The summed E-state index contributed by atoms with van der Waals surface area (Å²) in [5, 5.41) is 23.2. The van der Waals surface area contributed by atoms with Crippen LogP contribution in [0.25, 0.3) is 0 Å². The number of aliphatic hydroxyl groups excluding tert-OH is 1. The molecule has 7 atom stereocenters. The molecule has 1 heterocycles. The molecule has 0 amide bonds. The van der Waals surface area contributed by atoms with Crippen LogP contribution in [0.2, 0.25) is 0 Å².